The number of nitrogens with one attached hydrogen (secondary N) is 2. The Balaban J connectivity index is 1.81. The van der Waals surface area contributed by atoms with E-state index in [1.54, 1.807) is 19.0 Å². The van der Waals surface area contributed by atoms with Crippen LogP contribution in [0.2, 0.25) is 0 Å². The number of amides is 1. The van der Waals surface area contributed by atoms with E-state index in [-0.39, 0.29) is 5.91 Å². The van der Waals surface area contributed by atoms with Crippen LogP contribution in [0, 0.1) is 5.92 Å². The summed E-state index contributed by atoms with van der Waals surface area (Å²) in [5.41, 5.74) is 1.89. The van der Waals surface area contributed by atoms with Crippen LogP contribution in [0.4, 0.5) is 0 Å². The quantitative estimate of drug-likeness (QED) is 0.493. The van der Waals surface area contributed by atoms with Crippen LogP contribution in [0.15, 0.2) is 29.3 Å². The van der Waals surface area contributed by atoms with Crippen molar-refractivity contribution in [3.63, 3.8) is 0 Å². The minimum Gasteiger partial charge on any atom is -0.357 e. The second-order valence-electron chi connectivity index (χ2n) is 8.26. The molecule has 0 bridgehead atoms. The lowest BCUT2D eigenvalue weighted by Crippen LogP contribution is -2.39. The third-order valence-corrected chi connectivity index (χ3v) is 5.21. The van der Waals surface area contributed by atoms with E-state index in [0.29, 0.717) is 5.92 Å². The predicted molar refractivity (Wildman–Crippen MR) is 122 cm³/mol. The average Bonchev–Trinajstić information content (AvgIpc) is 2.72. The molecule has 0 saturated carbocycles. The maximum Gasteiger partial charge on any atom is 0.253 e. The normalized spacial score (nSPS) is 16.3. The Kier molecular flexibility index (Phi) is 9.98. The molecule has 1 fully saturated rings. The van der Waals surface area contributed by atoms with Crippen LogP contribution in [0.25, 0.3) is 0 Å². The Hall–Kier alpha value is -2.08. The van der Waals surface area contributed by atoms with E-state index in [1.807, 2.05) is 18.2 Å². The summed E-state index contributed by atoms with van der Waals surface area (Å²) in [4.78, 5) is 21.1. The second-order valence-corrected chi connectivity index (χ2v) is 8.26. The number of hydrogen-bond donors (Lipinski definition) is 2. The van der Waals surface area contributed by atoms with Crippen molar-refractivity contribution in [2.75, 3.05) is 53.4 Å². The van der Waals surface area contributed by atoms with Crippen molar-refractivity contribution in [3.05, 3.63) is 35.4 Å². The number of aliphatic imine (C=N–C) groups is 1. The molecule has 1 unspecified atom stereocenters. The zero-order chi connectivity index (χ0) is 21.1. The lowest BCUT2D eigenvalue weighted by molar-refractivity contribution is 0.0827. The molecule has 0 aromatic heterocycles. The second kappa shape index (κ2) is 12.5. The first-order chi connectivity index (χ1) is 14.0. The summed E-state index contributed by atoms with van der Waals surface area (Å²) in [5.74, 6) is 1.47. The van der Waals surface area contributed by atoms with E-state index >= 15 is 0 Å². The highest BCUT2D eigenvalue weighted by molar-refractivity contribution is 5.94. The number of carbonyl (C=O) groups excluding carboxylic acids is 1. The summed E-state index contributed by atoms with van der Waals surface area (Å²) < 4.78 is 0. The predicted octanol–water partition coefficient (Wildman–Crippen LogP) is 2.61. The van der Waals surface area contributed by atoms with Gasteiger partial charge < -0.3 is 20.4 Å². The summed E-state index contributed by atoms with van der Waals surface area (Å²) >= 11 is 0. The fraction of sp³-hybridized carbons (Fsp3) is 0.652. The summed E-state index contributed by atoms with van der Waals surface area (Å²) in [5, 5.41) is 6.77. The smallest absolute Gasteiger partial charge is 0.253 e. The number of guanidine groups is 1. The summed E-state index contributed by atoms with van der Waals surface area (Å²) in [6, 6.07) is 7.87. The molecule has 0 aliphatic carbocycles. The molecular formula is C23H39N5O. The molecular weight excluding hydrogens is 362 g/mol. The zero-order valence-electron chi connectivity index (χ0n) is 18.7. The molecule has 0 radical (unpaired) electrons. The molecule has 1 atom stereocenters. The molecule has 1 aromatic rings. The fourth-order valence-electron chi connectivity index (χ4n) is 3.67. The van der Waals surface area contributed by atoms with Crippen LogP contribution in [-0.4, -0.2) is 75.0 Å². The Morgan fingerprint density at radius 3 is 2.66 bits per heavy atom. The number of piperidine rings is 1. The van der Waals surface area contributed by atoms with E-state index in [9.17, 15) is 4.79 Å². The van der Waals surface area contributed by atoms with Crippen molar-refractivity contribution in [2.24, 2.45) is 10.9 Å². The van der Waals surface area contributed by atoms with Crippen molar-refractivity contribution in [2.45, 2.75) is 39.5 Å². The van der Waals surface area contributed by atoms with Gasteiger partial charge in [-0.2, -0.15) is 0 Å². The summed E-state index contributed by atoms with van der Waals surface area (Å²) in [6.45, 7) is 10.4. The maximum atomic E-state index is 12.1. The maximum absolute atomic E-state index is 12.1. The number of carbonyl (C=O) groups is 1. The molecule has 1 amide bonds. The standard InChI is InChI=1S/C23H39N5O/c1-5-24-23(26-17-19(2)18-28-14-7-6-8-15-28)25-13-12-20-10-9-11-21(16-20)22(29)27(3)4/h9-11,16,19H,5-8,12-15,17-18H2,1-4H3,(H2,24,25,26). The number of nitrogens with zero attached hydrogens (tertiary/aromatic N) is 3. The largest absolute Gasteiger partial charge is 0.357 e. The Morgan fingerprint density at radius 2 is 1.97 bits per heavy atom. The van der Waals surface area contributed by atoms with Gasteiger partial charge in [-0.3, -0.25) is 9.79 Å². The molecule has 6 nitrogen and oxygen atoms in total. The van der Waals surface area contributed by atoms with Gasteiger partial charge in [-0.15, -0.1) is 0 Å². The van der Waals surface area contributed by atoms with Gasteiger partial charge in [0.15, 0.2) is 5.96 Å². The third-order valence-electron chi connectivity index (χ3n) is 5.21. The highest BCUT2D eigenvalue weighted by Gasteiger charge is 2.13. The molecule has 29 heavy (non-hydrogen) atoms. The Morgan fingerprint density at radius 1 is 1.21 bits per heavy atom. The van der Waals surface area contributed by atoms with Gasteiger partial charge in [0.25, 0.3) is 5.91 Å². The van der Waals surface area contributed by atoms with Gasteiger partial charge in [-0.1, -0.05) is 25.5 Å². The van der Waals surface area contributed by atoms with Crippen molar-refractivity contribution >= 4 is 11.9 Å². The average molecular weight is 402 g/mol. The first kappa shape index (κ1) is 23.2. The molecule has 0 spiro atoms. The fourth-order valence-corrected chi connectivity index (χ4v) is 3.67. The number of benzene rings is 1. The first-order valence-corrected chi connectivity index (χ1v) is 11.0. The minimum absolute atomic E-state index is 0.0393. The molecule has 1 aliphatic rings. The molecule has 1 aromatic carbocycles. The van der Waals surface area contributed by atoms with Gasteiger partial charge in [0.05, 0.1) is 0 Å². The molecule has 162 valence electrons. The lowest BCUT2D eigenvalue weighted by Gasteiger charge is -2.28. The SMILES string of the molecule is CCNC(=NCC(C)CN1CCCCC1)NCCc1cccc(C(=O)N(C)C)c1. The van der Waals surface area contributed by atoms with Crippen molar-refractivity contribution in [1.29, 1.82) is 0 Å². The van der Waals surface area contributed by atoms with Crippen molar-refractivity contribution < 1.29 is 4.79 Å². The Bertz CT molecular complexity index is 652. The van der Waals surface area contributed by atoms with Crippen LogP contribution in [0.3, 0.4) is 0 Å². The summed E-state index contributed by atoms with van der Waals surface area (Å²) in [6.07, 6.45) is 4.90. The van der Waals surface area contributed by atoms with E-state index < -0.39 is 0 Å². The highest BCUT2D eigenvalue weighted by atomic mass is 16.2. The third kappa shape index (κ3) is 8.44. The topological polar surface area (TPSA) is 60.0 Å². The lowest BCUT2D eigenvalue weighted by atomic mass is 10.1. The van der Waals surface area contributed by atoms with E-state index in [2.05, 4.69) is 35.4 Å². The molecule has 1 aliphatic heterocycles. The van der Waals surface area contributed by atoms with Crippen LogP contribution in [0.5, 0.6) is 0 Å². The van der Waals surface area contributed by atoms with Crippen LogP contribution in [0.1, 0.15) is 49.0 Å². The monoisotopic (exact) mass is 401 g/mol. The highest BCUT2D eigenvalue weighted by Crippen LogP contribution is 2.11. The molecule has 6 heteroatoms. The van der Waals surface area contributed by atoms with Crippen LogP contribution in [-0.2, 0) is 6.42 Å². The van der Waals surface area contributed by atoms with Gasteiger partial charge in [-0.25, -0.2) is 0 Å². The van der Waals surface area contributed by atoms with E-state index in [4.69, 9.17) is 4.99 Å². The molecule has 1 heterocycles. The van der Waals surface area contributed by atoms with Crippen molar-refractivity contribution in [3.8, 4) is 0 Å². The molecule has 1 saturated heterocycles. The number of rotatable bonds is 9. The zero-order valence-corrected chi connectivity index (χ0v) is 18.7. The van der Waals surface area contributed by atoms with Crippen LogP contribution < -0.4 is 10.6 Å². The number of likely N-dealkylation sites (tertiary alicyclic amines) is 1. The summed E-state index contributed by atoms with van der Waals surface area (Å²) in [7, 11) is 3.56. The van der Waals surface area contributed by atoms with E-state index in [0.717, 1.165) is 49.7 Å². The molecule has 2 rings (SSSR count). The number of hydrogen-bond acceptors (Lipinski definition) is 3. The molecule has 2 N–H and O–H groups in total. The van der Waals surface area contributed by atoms with Crippen molar-refractivity contribution in [1.82, 2.24) is 20.4 Å². The van der Waals surface area contributed by atoms with Gasteiger partial charge in [0.2, 0.25) is 0 Å². The Labute approximate surface area is 176 Å². The van der Waals surface area contributed by atoms with Gasteiger partial charge in [0.1, 0.15) is 0 Å². The van der Waals surface area contributed by atoms with Gasteiger partial charge >= 0.3 is 0 Å². The minimum atomic E-state index is 0.0393. The van der Waals surface area contributed by atoms with E-state index in [1.165, 1.54) is 32.4 Å². The van der Waals surface area contributed by atoms with Gasteiger partial charge in [0, 0.05) is 45.8 Å². The van der Waals surface area contributed by atoms with Crippen LogP contribution >= 0.6 is 0 Å². The van der Waals surface area contributed by atoms with Gasteiger partial charge in [-0.05, 0) is 62.9 Å². The first-order valence-electron chi connectivity index (χ1n) is 11.0.